The van der Waals surface area contributed by atoms with Gasteiger partial charge in [-0.1, -0.05) is 49.9 Å². The van der Waals surface area contributed by atoms with E-state index in [1.165, 1.54) is 37.1 Å². The normalized spacial score (nSPS) is 27.6. The lowest BCUT2D eigenvalue weighted by Gasteiger charge is -2.38. The van der Waals surface area contributed by atoms with Gasteiger partial charge in [-0.25, -0.2) is 8.78 Å². The Balaban J connectivity index is 0.000000191. The Kier molecular flexibility index (Phi) is 12.7. The monoisotopic (exact) mass is 680 g/mol. The molecule has 12 heteroatoms. The Bertz CT molecular complexity index is 1440. The van der Waals surface area contributed by atoms with Crippen LogP contribution in [0.4, 0.5) is 8.78 Å². The molecule has 0 aromatic heterocycles. The molecular formula is C37H50F2N6O4. The van der Waals surface area contributed by atoms with Crippen LogP contribution in [0.5, 0.6) is 0 Å². The molecule has 2 saturated heterocycles. The number of carbonyl (C=O) groups excluding carboxylic acids is 4. The van der Waals surface area contributed by atoms with E-state index in [0.29, 0.717) is 37.9 Å². The maximum atomic E-state index is 13.0. The van der Waals surface area contributed by atoms with Gasteiger partial charge in [0, 0.05) is 38.0 Å². The number of nitrogens with one attached hydrogen (secondary N) is 3. The molecule has 2 aromatic rings. The average molecular weight is 681 g/mol. The highest BCUT2D eigenvalue weighted by molar-refractivity contribution is 5.95. The zero-order chi connectivity index (χ0) is 34.9. The molecule has 10 nitrogen and oxygen atoms in total. The van der Waals surface area contributed by atoms with Crippen LogP contribution >= 0.6 is 0 Å². The van der Waals surface area contributed by atoms with Crippen LogP contribution in [0.1, 0.15) is 62.5 Å². The van der Waals surface area contributed by atoms with Crippen molar-refractivity contribution in [3.05, 3.63) is 71.3 Å². The van der Waals surface area contributed by atoms with E-state index in [1.54, 1.807) is 34.1 Å². The molecule has 6 rings (SSSR count). The van der Waals surface area contributed by atoms with Crippen molar-refractivity contribution in [2.24, 2.45) is 17.6 Å². The molecule has 2 heterocycles. The van der Waals surface area contributed by atoms with Gasteiger partial charge in [-0.05, 0) is 80.0 Å². The van der Waals surface area contributed by atoms with Gasteiger partial charge < -0.3 is 31.5 Å². The summed E-state index contributed by atoms with van der Waals surface area (Å²) in [4.78, 5) is 53.0. The van der Waals surface area contributed by atoms with Gasteiger partial charge in [0.05, 0.1) is 13.1 Å². The van der Waals surface area contributed by atoms with Crippen molar-refractivity contribution in [3.63, 3.8) is 0 Å². The minimum Gasteiger partial charge on any atom is -0.342 e. The number of hydrogen-bond acceptors (Lipinski definition) is 6. The lowest BCUT2D eigenvalue weighted by molar-refractivity contribution is -0.145. The molecule has 0 bridgehead atoms. The summed E-state index contributed by atoms with van der Waals surface area (Å²) in [6, 6.07) is 11.4. The minimum atomic E-state index is -0.587. The van der Waals surface area contributed by atoms with Crippen LogP contribution in [0.15, 0.2) is 48.5 Å². The third kappa shape index (κ3) is 10.1. The first kappa shape index (κ1) is 36.4. The molecule has 4 fully saturated rings. The summed E-state index contributed by atoms with van der Waals surface area (Å²) in [5.74, 6) is -0.346. The third-order valence-electron chi connectivity index (χ3n) is 10.4. The summed E-state index contributed by atoms with van der Waals surface area (Å²) in [6.07, 6.45) is 9.62. The van der Waals surface area contributed by atoms with Crippen LogP contribution in [0.3, 0.4) is 0 Å². The number of nitrogens with two attached hydrogens (primary N) is 1. The van der Waals surface area contributed by atoms with Crippen LogP contribution in [-0.2, 0) is 32.0 Å². The molecule has 0 unspecified atom stereocenters. The van der Waals surface area contributed by atoms with Crippen LogP contribution in [-0.4, -0.2) is 90.8 Å². The molecule has 2 aromatic carbocycles. The lowest BCUT2D eigenvalue weighted by Crippen LogP contribution is -2.60. The van der Waals surface area contributed by atoms with Gasteiger partial charge in [-0.2, -0.15) is 0 Å². The maximum absolute atomic E-state index is 13.0. The Morgan fingerprint density at radius 1 is 0.673 bits per heavy atom. The predicted molar refractivity (Wildman–Crippen MR) is 182 cm³/mol. The Labute approximate surface area is 287 Å². The second-order valence-electron chi connectivity index (χ2n) is 14.0. The smallest absolute Gasteiger partial charge is 0.245 e. The van der Waals surface area contributed by atoms with Gasteiger partial charge in [0.15, 0.2) is 0 Å². The zero-order valence-electron chi connectivity index (χ0n) is 28.3. The van der Waals surface area contributed by atoms with E-state index in [2.05, 4.69) is 16.0 Å². The second kappa shape index (κ2) is 17.2. The number of nitrogens with zero attached hydrogens (tertiary/aromatic N) is 2. The van der Waals surface area contributed by atoms with Crippen LogP contribution in [0, 0.1) is 23.5 Å². The third-order valence-corrected chi connectivity index (χ3v) is 10.4. The summed E-state index contributed by atoms with van der Waals surface area (Å²) in [6.45, 7) is 1.40. The van der Waals surface area contributed by atoms with Crippen molar-refractivity contribution in [2.75, 3.05) is 33.2 Å². The topological polar surface area (TPSA) is 137 Å². The van der Waals surface area contributed by atoms with E-state index in [0.717, 1.165) is 49.7 Å². The zero-order valence-corrected chi connectivity index (χ0v) is 28.3. The van der Waals surface area contributed by atoms with Crippen molar-refractivity contribution >= 4 is 23.6 Å². The summed E-state index contributed by atoms with van der Waals surface area (Å²) in [7, 11) is 1.96. The van der Waals surface area contributed by atoms with Gasteiger partial charge in [0.25, 0.3) is 0 Å². The molecule has 0 radical (unpaired) electrons. The van der Waals surface area contributed by atoms with Crippen molar-refractivity contribution in [3.8, 4) is 0 Å². The standard InChI is InChI=1S/C19H26FN3O2.C18H24FN3O2/c1-21-16-5-3-2-4-14(16)11-23-12-18(24)22-17(19(23)25)10-13-6-8-15(20)9-7-13;19-14-7-5-12(6-8-14)9-16-18(24)22(11-17(23)21-16)10-13-3-1-2-4-15(13)20/h6-9,14,16-17,21H,2-5,10-12H2,1H3,(H,22,24);5-8,13,15-16H,1-4,9-11,20H2,(H,21,23)/t14-,16+,17-;13-,15+,16-/m00/s1. The van der Waals surface area contributed by atoms with Gasteiger partial charge in [-0.3, -0.25) is 19.2 Å². The fourth-order valence-electron chi connectivity index (χ4n) is 7.68. The molecular weight excluding hydrogens is 630 g/mol. The maximum Gasteiger partial charge on any atom is 0.245 e. The Morgan fingerprint density at radius 2 is 1.10 bits per heavy atom. The number of amides is 4. The molecule has 49 heavy (non-hydrogen) atoms. The minimum absolute atomic E-state index is 0.0376. The van der Waals surface area contributed by atoms with Crippen LogP contribution < -0.4 is 21.7 Å². The number of rotatable bonds is 9. The Hall–Kier alpha value is -3.90. The van der Waals surface area contributed by atoms with E-state index in [1.807, 2.05) is 7.05 Å². The van der Waals surface area contributed by atoms with Crippen molar-refractivity contribution in [1.82, 2.24) is 25.8 Å². The lowest BCUT2D eigenvalue weighted by atomic mass is 9.84. The number of piperazine rings is 2. The van der Waals surface area contributed by atoms with Gasteiger partial charge in [0.2, 0.25) is 23.6 Å². The summed E-state index contributed by atoms with van der Waals surface area (Å²) >= 11 is 0. The first-order valence-electron chi connectivity index (χ1n) is 17.7. The van der Waals surface area contributed by atoms with Crippen LogP contribution in [0.2, 0.25) is 0 Å². The molecule has 4 aliphatic rings. The van der Waals surface area contributed by atoms with Crippen molar-refractivity contribution < 1.29 is 28.0 Å². The van der Waals surface area contributed by atoms with Gasteiger partial charge in [-0.15, -0.1) is 0 Å². The van der Waals surface area contributed by atoms with E-state index in [4.69, 9.17) is 5.73 Å². The summed E-state index contributed by atoms with van der Waals surface area (Å²) in [5.41, 5.74) is 7.84. The number of hydrogen-bond donors (Lipinski definition) is 4. The first-order valence-corrected chi connectivity index (χ1v) is 17.7. The number of halogens is 2. The molecule has 2 aliphatic carbocycles. The highest BCUT2D eigenvalue weighted by Crippen LogP contribution is 2.27. The highest BCUT2D eigenvalue weighted by Gasteiger charge is 2.37. The summed E-state index contributed by atoms with van der Waals surface area (Å²) < 4.78 is 26.1. The molecule has 0 spiro atoms. The van der Waals surface area contributed by atoms with Crippen LogP contribution in [0.25, 0.3) is 0 Å². The number of carbonyl (C=O) groups is 4. The molecule has 6 atom stereocenters. The second-order valence-corrected chi connectivity index (χ2v) is 14.0. The largest absolute Gasteiger partial charge is 0.342 e. The van der Waals surface area contributed by atoms with Crippen molar-refractivity contribution in [2.45, 2.75) is 88.4 Å². The van der Waals surface area contributed by atoms with E-state index < -0.39 is 12.1 Å². The Morgan fingerprint density at radius 3 is 1.57 bits per heavy atom. The molecule has 4 amide bonds. The van der Waals surface area contributed by atoms with Crippen molar-refractivity contribution in [1.29, 1.82) is 0 Å². The molecule has 5 N–H and O–H groups in total. The van der Waals surface area contributed by atoms with E-state index in [9.17, 15) is 28.0 Å². The van der Waals surface area contributed by atoms with E-state index in [-0.39, 0.29) is 60.3 Å². The fraction of sp³-hybridized carbons (Fsp3) is 0.568. The molecule has 266 valence electrons. The highest BCUT2D eigenvalue weighted by atomic mass is 19.1. The SMILES string of the molecule is CN[C@@H]1CCCC[C@H]1CN1CC(=O)N[C@@H](Cc2ccc(F)cc2)C1=O.N[C@@H]1CCCC[C@H]1CN1CC(=O)N[C@@H](Cc2ccc(F)cc2)C1=O. The number of benzene rings is 2. The molecule has 2 saturated carbocycles. The molecule has 2 aliphatic heterocycles. The fourth-order valence-corrected chi connectivity index (χ4v) is 7.68. The van der Waals surface area contributed by atoms with E-state index >= 15 is 0 Å². The van der Waals surface area contributed by atoms with Gasteiger partial charge >= 0.3 is 0 Å². The van der Waals surface area contributed by atoms with Gasteiger partial charge in [0.1, 0.15) is 23.7 Å². The first-order chi connectivity index (χ1) is 23.6. The average Bonchev–Trinajstić information content (AvgIpc) is 3.09. The summed E-state index contributed by atoms with van der Waals surface area (Å²) in [5, 5.41) is 8.89. The quantitative estimate of drug-likeness (QED) is 0.322. The predicted octanol–water partition coefficient (Wildman–Crippen LogP) is 2.69.